The first-order valence-electron chi connectivity index (χ1n) is 2.19. The van der Waals surface area contributed by atoms with Crippen LogP contribution in [0.4, 0.5) is 13.2 Å². The zero-order chi connectivity index (χ0) is 8.20. The van der Waals surface area contributed by atoms with Gasteiger partial charge in [0.25, 0.3) is 0 Å². The van der Waals surface area contributed by atoms with E-state index in [4.69, 9.17) is 0 Å². The first kappa shape index (κ1) is 9.61. The zero-order valence-electron chi connectivity index (χ0n) is 4.98. The minimum absolute atomic E-state index is 0.864. The Kier molecular flexibility index (Phi) is 3.55. The average molecular weight is 217 g/mol. The molecule has 0 fully saturated rings. The number of rotatable bonds is 0. The monoisotopic (exact) mass is 216 g/mol. The lowest BCUT2D eigenvalue weighted by molar-refractivity contribution is -0.0597. The summed E-state index contributed by atoms with van der Waals surface area (Å²) in [5.74, 6) is -1.15. The van der Waals surface area contributed by atoms with E-state index in [1.54, 1.807) is 0 Å². The molecule has 0 aliphatic carbocycles. The molecule has 0 unspecified atom stereocenters. The second-order valence-corrected chi connectivity index (χ2v) is 1.68. The van der Waals surface area contributed by atoms with Gasteiger partial charge in [0.2, 0.25) is 5.84 Å². The minimum Gasteiger partial charge on any atom is -0.266 e. The van der Waals surface area contributed by atoms with Crippen LogP contribution in [0.5, 0.6) is 0 Å². The van der Waals surface area contributed by atoms with Gasteiger partial charge in [-0.2, -0.15) is 13.2 Å². The highest BCUT2D eigenvalue weighted by Gasteiger charge is 2.34. The van der Waals surface area contributed by atoms with Gasteiger partial charge in [-0.25, -0.2) is 4.99 Å². The Labute approximate surface area is 64.0 Å². The van der Waals surface area contributed by atoms with Crippen molar-refractivity contribution in [2.75, 3.05) is 7.05 Å². The first-order chi connectivity index (χ1) is 4.52. The Hall–Kier alpha value is -0.390. The van der Waals surface area contributed by atoms with Crippen molar-refractivity contribution in [1.29, 1.82) is 0 Å². The summed E-state index contributed by atoms with van der Waals surface area (Å²) < 4.78 is 34.9. The van der Waals surface area contributed by atoms with E-state index in [1.807, 2.05) is 0 Å². The summed E-state index contributed by atoms with van der Waals surface area (Å²) >= 11 is 2.61. The van der Waals surface area contributed by atoms with Crippen molar-refractivity contribution in [1.82, 2.24) is 0 Å². The maximum atomic E-state index is 11.6. The maximum absolute atomic E-state index is 11.6. The highest BCUT2D eigenvalue weighted by atomic mass is 79.9. The van der Waals surface area contributed by atoms with Gasteiger partial charge >= 0.3 is 6.18 Å². The standard InChI is InChI=1S/C4H4BrF3N2/c1-9-3(10-2-5)4(6,7)8/h2H,1H3. The molecule has 2 nitrogen and oxygen atoms in total. The Morgan fingerprint density at radius 1 is 1.50 bits per heavy atom. The quantitative estimate of drug-likeness (QED) is 0.438. The number of alkyl halides is 3. The van der Waals surface area contributed by atoms with E-state index in [2.05, 4.69) is 25.9 Å². The molecule has 0 aliphatic rings. The smallest absolute Gasteiger partial charge is 0.266 e. The summed E-state index contributed by atoms with van der Waals surface area (Å²) in [6.45, 7) is 0. The Bertz CT molecular complexity index is 160. The van der Waals surface area contributed by atoms with Crippen LogP contribution in [-0.4, -0.2) is 24.2 Å². The lowest BCUT2D eigenvalue weighted by atomic mass is 10.6. The van der Waals surface area contributed by atoms with Crippen LogP contribution in [0.1, 0.15) is 0 Å². The van der Waals surface area contributed by atoms with Gasteiger partial charge < -0.3 is 0 Å². The van der Waals surface area contributed by atoms with E-state index >= 15 is 0 Å². The number of hydrogen-bond acceptors (Lipinski definition) is 1. The third-order valence-corrected chi connectivity index (χ3v) is 0.841. The topological polar surface area (TPSA) is 24.7 Å². The van der Waals surface area contributed by atoms with Crippen LogP contribution >= 0.6 is 15.9 Å². The molecular weight excluding hydrogens is 213 g/mol. The highest BCUT2D eigenvalue weighted by Crippen LogP contribution is 2.17. The van der Waals surface area contributed by atoms with Gasteiger partial charge in [0.15, 0.2) is 0 Å². The molecule has 0 heterocycles. The molecule has 58 valence electrons. The molecule has 0 aliphatic heterocycles. The van der Waals surface area contributed by atoms with Gasteiger partial charge in [-0.1, -0.05) is 0 Å². The number of hydrogen-bond donors (Lipinski definition) is 0. The molecule has 0 spiro atoms. The van der Waals surface area contributed by atoms with E-state index in [-0.39, 0.29) is 0 Å². The van der Waals surface area contributed by atoms with Crippen LogP contribution in [0.25, 0.3) is 0 Å². The molecule has 0 aromatic carbocycles. The van der Waals surface area contributed by atoms with Crippen LogP contribution < -0.4 is 0 Å². The fraction of sp³-hybridized carbons (Fsp3) is 0.500. The Morgan fingerprint density at radius 2 is 2.00 bits per heavy atom. The van der Waals surface area contributed by atoms with Crippen LogP contribution in [0.2, 0.25) is 0 Å². The third kappa shape index (κ3) is 2.95. The van der Waals surface area contributed by atoms with Crippen molar-refractivity contribution in [3.63, 3.8) is 0 Å². The second-order valence-electron chi connectivity index (χ2n) is 1.27. The molecule has 0 amide bonds. The SMILES string of the molecule is CN=C(N=CBr)C(F)(F)F. The van der Waals surface area contributed by atoms with E-state index in [1.165, 1.54) is 0 Å². The van der Waals surface area contributed by atoms with Gasteiger partial charge in [-0.05, 0) is 15.9 Å². The van der Waals surface area contributed by atoms with E-state index in [0.717, 1.165) is 12.2 Å². The van der Waals surface area contributed by atoms with Crippen molar-refractivity contribution >= 4 is 26.9 Å². The van der Waals surface area contributed by atoms with E-state index in [0.29, 0.717) is 0 Å². The van der Waals surface area contributed by atoms with Crippen LogP contribution in [0.3, 0.4) is 0 Å². The van der Waals surface area contributed by atoms with Gasteiger partial charge in [-0.3, -0.25) is 4.99 Å². The fourth-order valence-corrected chi connectivity index (χ4v) is 0.498. The largest absolute Gasteiger partial charge is 0.451 e. The van der Waals surface area contributed by atoms with Crippen molar-refractivity contribution in [2.45, 2.75) is 6.18 Å². The van der Waals surface area contributed by atoms with Crippen molar-refractivity contribution < 1.29 is 13.2 Å². The molecular formula is C4H4BrF3N2. The highest BCUT2D eigenvalue weighted by molar-refractivity contribution is 9.17. The van der Waals surface area contributed by atoms with Gasteiger partial charge in [-0.15, -0.1) is 0 Å². The molecule has 10 heavy (non-hydrogen) atoms. The normalized spacial score (nSPS) is 14.7. The summed E-state index contributed by atoms with van der Waals surface area (Å²) in [4.78, 5) is 5.84. The summed E-state index contributed by atoms with van der Waals surface area (Å²) in [6, 6.07) is 0. The van der Waals surface area contributed by atoms with Crippen LogP contribution in [0, 0.1) is 0 Å². The molecule has 0 radical (unpaired) electrons. The number of aliphatic imine (C=N–C) groups is 2. The summed E-state index contributed by atoms with van der Waals surface area (Å²) in [7, 11) is 1.03. The van der Waals surface area contributed by atoms with Gasteiger partial charge in [0, 0.05) is 7.05 Å². The molecule has 0 aromatic heterocycles. The van der Waals surface area contributed by atoms with Crippen molar-refractivity contribution in [2.24, 2.45) is 9.98 Å². The van der Waals surface area contributed by atoms with Gasteiger partial charge in [0.05, 0.1) is 5.12 Å². The predicted molar refractivity (Wildman–Crippen MR) is 36.8 cm³/mol. The number of amidine groups is 1. The molecule has 0 saturated heterocycles. The molecule has 0 saturated carbocycles. The average Bonchev–Trinajstić information content (AvgIpc) is 1.80. The van der Waals surface area contributed by atoms with Crippen molar-refractivity contribution in [3.05, 3.63) is 0 Å². The number of halogens is 4. The van der Waals surface area contributed by atoms with Crippen molar-refractivity contribution in [3.8, 4) is 0 Å². The molecule has 0 atom stereocenters. The minimum atomic E-state index is -4.46. The van der Waals surface area contributed by atoms with E-state index in [9.17, 15) is 13.2 Å². The summed E-state index contributed by atoms with van der Waals surface area (Å²) in [5, 5.41) is 0.864. The molecule has 0 rings (SSSR count). The third-order valence-electron chi connectivity index (χ3n) is 0.636. The maximum Gasteiger partial charge on any atom is 0.451 e. The fourth-order valence-electron chi connectivity index (χ4n) is 0.304. The van der Waals surface area contributed by atoms with E-state index < -0.39 is 12.0 Å². The lowest BCUT2D eigenvalue weighted by Gasteiger charge is -2.02. The molecule has 0 aromatic rings. The predicted octanol–water partition coefficient (Wildman–Crippen LogP) is 2.00. The van der Waals surface area contributed by atoms with Crippen LogP contribution in [-0.2, 0) is 0 Å². The first-order valence-corrected chi connectivity index (χ1v) is 3.10. The Morgan fingerprint density at radius 3 is 2.10 bits per heavy atom. The molecule has 0 bridgehead atoms. The summed E-state index contributed by atoms with van der Waals surface area (Å²) in [6.07, 6.45) is -4.46. The lowest BCUT2D eigenvalue weighted by Crippen LogP contribution is -2.20. The summed E-state index contributed by atoms with van der Waals surface area (Å²) in [5.41, 5.74) is 0. The number of nitrogens with zero attached hydrogens (tertiary/aromatic N) is 2. The zero-order valence-corrected chi connectivity index (χ0v) is 6.57. The van der Waals surface area contributed by atoms with Gasteiger partial charge in [0.1, 0.15) is 0 Å². The Balaban J connectivity index is 4.39. The molecule has 0 N–H and O–H groups in total. The molecule has 6 heteroatoms. The second kappa shape index (κ2) is 3.70. The van der Waals surface area contributed by atoms with Crippen LogP contribution in [0.15, 0.2) is 9.98 Å².